The summed E-state index contributed by atoms with van der Waals surface area (Å²) in [5.74, 6) is 0.917. The first kappa shape index (κ1) is 19.1. The highest BCUT2D eigenvalue weighted by Gasteiger charge is 2.22. The monoisotopic (exact) mass is 374 g/mol. The van der Waals surface area contributed by atoms with Crippen LogP contribution in [0.3, 0.4) is 0 Å². The van der Waals surface area contributed by atoms with Crippen molar-refractivity contribution < 1.29 is 13.5 Å². The van der Waals surface area contributed by atoms with Crippen LogP contribution in [0.2, 0.25) is 0 Å². The molecule has 3 rings (SSSR count). The minimum atomic E-state index is -0.467. The molecular weight excluding hydrogens is 350 g/mol. The van der Waals surface area contributed by atoms with Crippen LogP contribution in [0.5, 0.6) is 5.88 Å². The third kappa shape index (κ3) is 6.20. The predicted molar refractivity (Wildman–Crippen MR) is 100 cm³/mol. The summed E-state index contributed by atoms with van der Waals surface area (Å²) in [4.78, 5) is 8.76. The zero-order valence-electron chi connectivity index (χ0n) is 15.3. The Morgan fingerprint density at radius 1 is 1.22 bits per heavy atom. The van der Waals surface area contributed by atoms with Crippen molar-refractivity contribution in [2.75, 3.05) is 13.2 Å². The van der Waals surface area contributed by atoms with Gasteiger partial charge >= 0.3 is 0 Å². The molecule has 1 saturated carbocycles. The molecule has 1 heterocycles. The van der Waals surface area contributed by atoms with Crippen molar-refractivity contribution in [3.63, 3.8) is 0 Å². The van der Waals surface area contributed by atoms with Gasteiger partial charge in [-0.3, -0.25) is 0 Å². The minimum absolute atomic E-state index is 0.140. The second-order valence-electron chi connectivity index (χ2n) is 6.54. The summed E-state index contributed by atoms with van der Waals surface area (Å²) >= 11 is 0. The van der Waals surface area contributed by atoms with Gasteiger partial charge in [-0.05, 0) is 49.4 Å². The van der Waals surface area contributed by atoms with E-state index in [9.17, 15) is 8.78 Å². The standard InChI is InChI=1S/C20H24F2N4O/c1-2-23-20(26-12-16-9-17(21)6-7-18(16)22)25-11-15-5-8-19(24-10-15)27-13-14-3-4-14/h5-10,14H,2-4,11-13H2,1H3,(H2,23,25,26). The minimum Gasteiger partial charge on any atom is -0.477 e. The van der Waals surface area contributed by atoms with Crippen LogP contribution in [0.25, 0.3) is 0 Å². The van der Waals surface area contributed by atoms with E-state index >= 15 is 0 Å². The molecule has 2 N–H and O–H groups in total. The lowest BCUT2D eigenvalue weighted by Gasteiger charge is -2.12. The molecule has 0 spiro atoms. The van der Waals surface area contributed by atoms with Crippen LogP contribution in [0.4, 0.5) is 8.78 Å². The first-order chi connectivity index (χ1) is 13.1. The molecule has 27 heavy (non-hydrogen) atoms. The quantitative estimate of drug-likeness (QED) is 0.549. The Hall–Kier alpha value is -2.70. The molecule has 2 aromatic rings. The molecule has 0 saturated heterocycles. The van der Waals surface area contributed by atoms with Gasteiger partial charge in [0, 0.05) is 30.9 Å². The average molecular weight is 374 g/mol. The fourth-order valence-electron chi connectivity index (χ4n) is 2.45. The van der Waals surface area contributed by atoms with Gasteiger partial charge in [-0.15, -0.1) is 0 Å². The van der Waals surface area contributed by atoms with Gasteiger partial charge in [0.25, 0.3) is 0 Å². The number of guanidine groups is 1. The van der Waals surface area contributed by atoms with Crippen LogP contribution >= 0.6 is 0 Å². The van der Waals surface area contributed by atoms with Gasteiger partial charge < -0.3 is 15.4 Å². The highest BCUT2D eigenvalue weighted by Crippen LogP contribution is 2.29. The fourth-order valence-corrected chi connectivity index (χ4v) is 2.45. The summed E-state index contributed by atoms with van der Waals surface area (Å²) in [7, 11) is 0. The summed E-state index contributed by atoms with van der Waals surface area (Å²) in [6.07, 6.45) is 4.22. The lowest BCUT2D eigenvalue weighted by molar-refractivity contribution is 0.288. The van der Waals surface area contributed by atoms with Crippen molar-refractivity contribution in [2.24, 2.45) is 10.9 Å². The third-order valence-electron chi connectivity index (χ3n) is 4.18. The first-order valence-electron chi connectivity index (χ1n) is 9.18. The van der Waals surface area contributed by atoms with Crippen molar-refractivity contribution in [2.45, 2.75) is 32.9 Å². The normalized spacial score (nSPS) is 14.1. The Kier molecular flexibility index (Phi) is 6.57. The summed E-state index contributed by atoms with van der Waals surface area (Å²) in [5.41, 5.74) is 1.18. The van der Waals surface area contributed by atoms with E-state index in [1.54, 1.807) is 6.20 Å². The molecule has 5 nitrogen and oxygen atoms in total. The molecule has 0 radical (unpaired) electrons. The van der Waals surface area contributed by atoms with Crippen molar-refractivity contribution in [1.29, 1.82) is 0 Å². The van der Waals surface area contributed by atoms with Crippen molar-refractivity contribution in [1.82, 2.24) is 15.6 Å². The van der Waals surface area contributed by atoms with E-state index in [1.165, 1.54) is 18.9 Å². The number of aliphatic imine (C=N–C) groups is 1. The molecule has 0 amide bonds. The third-order valence-corrected chi connectivity index (χ3v) is 4.18. The zero-order valence-corrected chi connectivity index (χ0v) is 15.3. The van der Waals surface area contributed by atoms with Gasteiger partial charge in [-0.25, -0.2) is 18.8 Å². The van der Waals surface area contributed by atoms with Crippen LogP contribution in [0.1, 0.15) is 30.9 Å². The number of pyridine rings is 1. The molecule has 144 valence electrons. The van der Waals surface area contributed by atoms with Crippen molar-refractivity contribution in [3.05, 3.63) is 59.3 Å². The first-order valence-corrected chi connectivity index (χ1v) is 9.18. The lowest BCUT2D eigenvalue weighted by atomic mass is 10.2. The topological polar surface area (TPSA) is 58.5 Å². The summed E-state index contributed by atoms with van der Waals surface area (Å²) in [6, 6.07) is 7.17. The largest absolute Gasteiger partial charge is 0.477 e. The van der Waals surface area contributed by atoms with Crippen molar-refractivity contribution in [3.8, 4) is 5.88 Å². The fraction of sp³-hybridized carbons (Fsp3) is 0.400. The zero-order chi connectivity index (χ0) is 19.1. The second kappa shape index (κ2) is 9.30. The average Bonchev–Trinajstić information content (AvgIpc) is 3.50. The molecule has 0 atom stereocenters. The maximum absolute atomic E-state index is 13.7. The van der Waals surface area contributed by atoms with E-state index in [2.05, 4.69) is 20.6 Å². The van der Waals surface area contributed by atoms with E-state index < -0.39 is 11.6 Å². The van der Waals surface area contributed by atoms with Gasteiger partial charge in [0.1, 0.15) is 11.6 Å². The molecule has 1 aliphatic rings. The molecular formula is C20H24F2N4O. The Morgan fingerprint density at radius 2 is 2.07 bits per heavy atom. The Bertz CT molecular complexity index is 776. The molecule has 1 aromatic carbocycles. The highest BCUT2D eigenvalue weighted by atomic mass is 19.1. The molecule has 1 fully saturated rings. The molecule has 0 unspecified atom stereocenters. The summed E-state index contributed by atoms with van der Waals surface area (Å²) < 4.78 is 32.6. The van der Waals surface area contributed by atoms with E-state index in [1.807, 2.05) is 19.1 Å². The van der Waals surface area contributed by atoms with Crippen LogP contribution < -0.4 is 15.4 Å². The van der Waals surface area contributed by atoms with Crippen LogP contribution in [0, 0.1) is 17.6 Å². The van der Waals surface area contributed by atoms with Crippen molar-refractivity contribution >= 4 is 5.96 Å². The van der Waals surface area contributed by atoms with E-state index in [4.69, 9.17) is 4.74 Å². The van der Waals surface area contributed by atoms with Crippen LogP contribution in [0.15, 0.2) is 41.5 Å². The molecule has 7 heteroatoms. The highest BCUT2D eigenvalue weighted by molar-refractivity contribution is 5.79. The Balaban J connectivity index is 1.55. The molecule has 0 bridgehead atoms. The predicted octanol–water partition coefficient (Wildman–Crippen LogP) is 3.40. The van der Waals surface area contributed by atoms with E-state index in [0.717, 1.165) is 24.3 Å². The number of nitrogens with one attached hydrogen (secondary N) is 2. The van der Waals surface area contributed by atoms with Gasteiger partial charge in [-0.1, -0.05) is 6.07 Å². The smallest absolute Gasteiger partial charge is 0.213 e. The molecule has 1 aromatic heterocycles. The number of hydrogen-bond acceptors (Lipinski definition) is 3. The van der Waals surface area contributed by atoms with E-state index in [-0.39, 0.29) is 12.1 Å². The number of aromatic nitrogens is 1. The van der Waals surface area contributed by atoms with E-state index in [0.29, 0.717) is 30.8 Å². The maximum atomic E-state index is 13.7. The SMILES string of the molecule is CCNC(=NCc1ccc(OCC2CC2)nc1)NCc1cc(F)ccc1F. The number of halogens is 2. The summed E-state index contributed by atoms with van der Waals surface area (Å²) in [5, 5.41) is 6.10. The summed E-state index contributed by atoms with van der Waals surface area (Å²) in [6.45, 7) is 3.88. The molecule has 0 aliphatic heterocycles. The number of rotatable bonds is 8. The van der Waals surface area contributed by atoms with Gasteiger partial charge in [0.05, 0.1) is 13.2 Å². The Morgan fingerprint density at radius 3 is 2.78 bits per heavy atom. The number of hydrogen-bond donors (Lipinski definition) is 2. The lowest BCUT2D eigenvalue weighted by Crippen LogP contribution is -2.37. The van der Waals surface area contributed by atoms with Crippen LogP contribution in [-0.2, 0) is 13.1 Å². The Labute approximate surface area is 157 Å². The van der Waals surface area contributed by atoms with Crippen LogP contribution in [-0.4, -0.2) is 24.1 Å². The van der Waals surface area contributed by atoms with Gasteiger partial charge in [-0.2, -0.15) is 0 Å². The maximum Gasteiger partial charge on any atom is 0.213 e. The number of ether oxygens (including phenoxy) is 1. The second-order valence-corrected chi connectivity index (χ2v) is 6.54. The number of benzene rings is 1. The van der Waals surface area contributed by atoms with Gasteiger partial charge in [0.15, 0.2) is 5.96 Å². The molecule has 1 aliphatic carbocycles. The number of nitrogens with zero attached hydrogens (tertiary/aromatic N) is 2. The van der Waals surface area contributed by atoms with Gasteiger partial charge in [0.2, 0.25) is 5.88 Å².